The molecule has 0 saturated heterocycles. The lowest BCUT2D eigenvalue weighted by molar-refractivity contribution is -0.140. The summed E-state index contributed by atoms with van der Waals surface area (Å²) in [6.45, 7) is 1.02. The Morgan fingerprint density at radius 2 is 1.53 bits per heavy atom. The minimum absolute atomic E-state index is 0.0221. The summed E-state index contributed by atoms with van der Waals surface area (Å²) in [4.78, 5) is 27.9. The van der Waals surface area contributed by atoms with Gasteiger partial charge in [0.1, 0.15) is 12.6 Å². The Labute approximate surface area is 242 Å². The van der Waals surface area contributed by atoms with Gasteiger partial charge in [-0.15, -0.1) is 0 Å². The van der Waals surface area contributed by atoms with Crippen molar-refractivity contribution in [3.63, 3.8) is 0 Å². The first kappa shape index (κ1) is 30.1. The van der Waals surface area contributed by atoms with Crippen molar-refractivity contribution in [1.29, 1.82) is 0 Å². The maximum Gasteiger partial charge on any atom is 0.264 e. The standard InChI is InChI=1S/C26H25Cl4N3O4S/c1-3-23(26(35)31-2)32(15-17-9-10-18(27)13-22(17)30)25(34)16-33(24-14-19(28)11-12-21(24)29)38(36,37)20-7-5-4-6-8-20/h4-14,23H,3,15-16H2,1-2H3,(H,31,35)/t23-/m1/s1. The average molecular weight is 617 g/mol. The third-order valence-corrected chi connectivity index (χ3v) is 8.69. The van der Waals surface area contributed by atoms with E-state index in [2.05, 4.69) is 5.32 Å². The van der Waals surface area contributed by atoms with Crippen molar-refractivity contribution < 1.29 is 18.0 Å². The minimum Gasteiger partial charge on any atom is -0.357 e. The Bertz CT molecular complexity index is 1420. The number of nitrogens with zero attached hydrogens (tertiary/aromatic N) is 2. The number of carbonyl (C=O) groups excluding carboxylic acids is 2. The molecule has 0 unspecified atom stereocenters. The third-order valence-electron chi connectivity index (χ3n) is 5.78. The van der Waals surface area contributed by atoms with Gasteiger partial charge in [0.25, 0.3) is 10.0 Å². The molecular formula is C26H25Cl4N3O4S. The average Bonchev–Trinajstić information content (AvgIpc) is 2.90. The zero-order chi connectivity index (χ0) is 28.0. The van der Waals surface area contributed by atoms with Crippen LogP contribution in [0, 0.1) is 0 Å². The van der Waals surface area contributed by atoms with Crippen LogP contribution < -0.4 is 9.62 Å². The van der Waals surface area contributed by atoms with Crippen LogP contribution in [0.25, 0.3) is 0 Å². The molecule has 0 radical (unpaired) electrons. The van der Waals surface area contributed by atoms with Crippen LogP contribution in [-0.2, 0) is 26.2 Å². The minimum atomic E-state index is -4.27. The summed E-state index contributed by atoms with van der Waals surface area (Å²) < 4.78 is 28.4. The molecule has 0 aliphatic carbocycles. The first-order valence-electron chi connectivity index (χ1n) is 11.5. The molecule has 0 aliphatic rings. The van der Waals surface area contributed by atoms with E-state index >= 15 is 0 Å². The van der Waals surface area contributed by atoms with E-state index < -0.39 is 34.4 Å². The molecule has 202 valence electrons. The van der Waals surface area contributed by atoms with Gasteiger partial charge in [-0.05, 0) is 54.4 Å². The van der Waals surface area contributed by atoms with Crippen molar-refractivity contribution in [3.8, 4) is 0 Å². The largest absolute Gasteiger partial charge is 0.357 e. The Morgan fingerprint density at radius 1 is 0.895 bits per heavy atom. The first-order valence-corrected chi connectivity index (χ1v) is 14.4. The lowest BCUT2D eigenvalue weighted by Crippen LogP contribution is -2.51. The molecule has 12 heteroatoms. The fraction of sp³-hybridized carbons (Fsp3) is 0.231. The molecule has 3 rings (SSSR count). The van der Waals surface area contributed by atoms with E-state index in [0.29, 0.717) is 15.6 Å². The van der Waals surface area contributed by atoms with Crippen molar-refractivity contribution in [2.75, 3.05) is 17.9 Å². The summed E-state index contributed by atoms with van der Waals surface area (Å²) in [6.07, 6.45) is 0.264. The zero-order valence-electron chi connectivity index (χ0n) is 20.5. The molecule has 0 saturated carbocycles. The maximum atomic E-state index is 13.9. The van der Waals surface area contributed by atoms with Crippen LogP contribution >= 0.6 is 46.4 Å². The number of anilines is 1. The van der Waals surface area contributed by atoms with Crippen LogP contribution in [0.15, 0.2) is 71.6 Å². The number of nitrogens with one attached hydrogen (secondary N) is 1. The highest BCUT2D eigenvalue weighted by Crippen LogP contribution is 2.33. The van der Waals surface area contributed by atoms with Gasteiger partial charge >= 0.3 is 0 Å². The summed E-state index contributed by atoms with van der Waals surface area (Å²) in [5.41, 5.74) is 0.555. The highest BCUT2D eigenvalue weighted by Gasteiger charge is 2.34. The number of halogens is 4. The molecule has 2 amide bonds. The van der Waals surface area contributed by atoms with E-state index in [9.17, 15) is 18.0 Å². The van der Waals surface area contributed by atoms with Crippen molar-refractivity contribution in [1.82, 2.24) is 10.2 Å². The molecule has 0 spiro atoms. The second-order valence-electron chi connectivity index (χ2n) is 8.22. The topological polar surface area (TPSA) is 86.8 Å². The number of sulfonamides is 1. The predicted octanol–water partition coefficient (Wildman–Crippen LogP) is 6.05. The van der Waals surface area contributed by atoms with Crippen LogP contribution in [0.5, 0.6) is 0 Å². The normalized spacial score (nSPS) is 12.1. The molecular weight excluding hydrogens is 592 g/mol. The lowest BCUT2D eigenvalue weighted by Gasteiger charge is -2.33. The first-order chi connectivity index (χ1) is 18.0. The maximum absolute atomic E-state index is 13.9. The molecule has 38 heavy (non-hydrogen) atoms. The van der Waals surface area contributed by atoms with Gasteiger partial charge in [0.2, 0.25) is 11.8 Å². The number of amides is 2. The summed E-state index contributed by atoms with van der Waals surface area (Å²) in [5.74, 6) is -1.06. The van der Waals surface area contributed by atoms with Crippen LogP contribution in [-0.4, -0.2) is 44.8 Å². The van der Waals surface area contributed by atoms with Crippen LogP contribution in [0.1, 0.15) is 18.9 Å². The molecule has 0 aliphatic heterocycles. The summed E-state index contributed by atoms with van der Waals surface area (Å²) in [7, 11) is -2.81. The van der Waals surface area contributed by atoms with Gasteiger partial charge in [-0.3, -0.25) is 13.9 Å². The van der Waals surface area contributed by atoms with E-state index in [1.807, 2.05) is 0 Å². The van der Waals surface area contributed by atoms with Gasteiger partial charge in [0, 0.05) is 28.7 Å². The fourth-order valence-corrected chi connectivity index (χ4v) is 6.18. The van der Waals surface area contributed by atoms with E-state index in [-0.39, 0.29) is 33.6 Å². The van der Waals surface area contributed by atoms with Crippen molar-refractivity contribution in [3.05, 3.63) is 92.4 Å². The van der Waals surface area contributed by atoms with Crippen molar-refractivity contribution >= 4 is 73.9 Å². The smallest absolute Gasteiger partial charge is 0.264 e. The Kier molecular flexibility index (Phi) is 10.3. The quantitative estimate of drug-likeness (QED) is 0.300. The van der Waals surface area contributed by atoms with Gasteiger partial charge in [0.05, 0.1) is 15.6 Å². The monoisotopic (exact) mass is 615 g/mol. The molecule has 0 aromatic heterocycles. The highest BCUT2D eigenvalue weighted by molar-refractivity contribution is 7.92. The highest BCUT2D eigenvalue weighted by atomic mass is 35.5. The number of hydrogen-bond acceptors (Lipinski definition) is 4. The van der Waals surface area contributed by atoms with Crippen LogP contribution in [0.3, 0.4) is 0 Å². The second kappa shape index (κ2) is 13.0. The van der Waals surface area contributed by atoms with E-state index in [1.165, 1.54) is 48.3 Å². The van der Waals surface area contributed by atoms with Crippen LogP contribution in [0.4, 0.5) is 5.69 Å². The van der Waals surface area contributed by atoms with E-state index in [4.69, 9.17) is 46.4 Å². The van der Waals surface area contributed by atoms with Gasteiger partial charge < -0.3 is 10.2 Å². The van der Waals surface area contributed by atoms with Crippen molar-refractivity contribution in [2.24, 2.45) is 0 Å². The number of likely N-dealkylation sites (N-methyl/N-ethyl adjacent to an activating group) is 1. The number of rotatable bonds is 10. The SMILES string of the molecule is CC[C@H](C(=O)NC)N(Cc1ccc(Cl)cc1Cl)C(=O)CN(c1cc(Cl)ccc1Cl)S(=O)(=O)c1ccccc1. The van der Waals surface area contributed by atoms with Gasteiger partial charge in [-0.2, -0.15) is 0 Å². The van der Waals surface area contributed by atoms with Gasteiger partial charge in [-0.25, -0.2) is 8.42 Å². The molecule has 0 fully saturated rings. The molecule has 1 atom stereocenters. The molecule has 0 bridgehead atoms. The van der Waals surface area contributed by atoms with E-state index in [1.54, 1.807) is 37.3 Å². The Balaban J connectivity index is 2.11. The fourth-order valence-electron chi connectivity index (χ4n) is 3.83. The summed E-state index contributed by atoms with van der Waals surface area (Å²) >= 11 is 25.0. The summed E-state index contributed by atoms with van der Waals surface area (Å²) in [5, 5.41) is 3.57. The molecule has 3 aromatic carbocycles. The molecule has 0 heterocycles. The zero-order valence-corrected chi connectivity index (χ0v) is 24.3. The van der Waals surface area contributed by atoms with Gasteiger partial charge in [0.15, 0.2) is 0 Å². The van der Waals surface area contributed by atoms with Crippen molar-refractivity contribution in [2.45, 2.75) is 30.8 Å². The van der Waals surface area contributed by atoms with Gasteiger partial charge in [-0.1, -0.05) is 77.6 Å². The third kappa shape index (κ3) is 6.93. The number of carbonyl (C=O) groups is 2. The predicted molar refractivity (Wildman–Crippen MR) is 153 cm³/mol. The number of benzene rings is 3. The van der Waals surface area contributed by atoms with E-state index in [0.717, 1.165) is 4.31 Å². The Hall–Kier alpha value is -2.49. The van der Waals surface area contributed by atoms with Crippen LogP contribution in [0.2, 0.25) is 20.1 Å². The molecule has 7 nitrogen and oxygen atoms in total. The molecule has 1 N–H and O–H groups in total. The number of hydrogen-bond donors (Lipinski definition) is 1. The second-order valence-corrected chi connectivity index (χ2v) is 11.8. The molecule has 3 aromatic rings. The Morgan fingerprint density at radius 3 is 2.13 bits per heavy atom. The lowest BCUT2D eigenvalue weighted by atomic mass is 10.1. The summed E-state index contributed by atoms with van der Waals surface area (Å²) in [6, 6.07) is 15.8.